The van der Waals surface area contributed by atoms with E-state index in [-0.39, 0.29) is 12.5 Å². The molecule has 0 aliphatic rings. The highest BCUT2D eigenvalue weighted by Crippen LogP contribution is 2.15. The van der Waals surface area contributed by atoms with Crippen LogP contribution in [-0.4, -0.2) is 31.2 Å². The first-order valence-electron chi connectivity index (χ1n) is 5.44. The second-order valence-corrected chi connectivity index (χ2v) is 5.97. The van der Waals surface area contributed by atoms with Gasteiger partial charge in [0.15, 0.2) is 0 Å². The van der Waals surface area contributed by atoms with Crippen molar-refractivity contribution in [2.75, 3.05) is 12.3 Å². The minimum Gasteiger partial charge on any atom is -0.355 e. The van der Waals surface area contributed by atoms with Crippen molar-refractivity contribution in [3.05, 3.63) is 0 Å². The molecule has 0 aliphatic heterocycles. The summed E-state index contributed by atoms with van der Waals surface area (Å²) in [7, 11) is -3.98. The summed E-state index contributed by atoms with van der Waals surface area (Å²) >= 11 is 0. The average molecular weight is 251 g/mol. The monoisotopic (exact) mass is 251 g/mol. The van der Waals surface area contributed by atoms with Crippen LogP contribution < -0.4 is 5.32 Å². The van der Waals surface area contributed by atoms with E-state index in [0.29, 0.717) is 18.3 Å². The van der Waals surface area contributed by atoms with Crippen LogP contribution in [0.5, 0.6) is 0 Å². The van der Waals surface area contributed by atoms with E-state index in [1.807, 2.05) is 0 Å². The van der Waals surface area contributed by atoms with E-state index >= 15 is 0 Å². The summed E-state index contributed by atoms with van der Waals surface area (Å²) in [4.78, 5) is 11.3. The summed E-state index contributed by atoms with van der Waals surface area (Å²) in [5.41, 5.74) is 0. The number of carbonyl (C=O) groups excluding carboxylic acids is 1. The van der Waals surface area contributed by atoms with Gasteiger partial charge in [0, 0.05) is 13.0 Å². The van der Waals surface area contributed by atoms with Gasteiger partial charge in [-0.15, -0.1) is 0 Å². The molecule has 0 rings (SSSR count). The fourth-order valence-corrected chi connectivity index (χ4v) is 1.46. The number of hydrogen-bond donors (Lipinski definition) is 2. The Morgan fingerprint density at radius 1 is 1.31 bits per heavy atom. The topological polar surface area (TPSA) is 83.5 Å². The quantitative estimate of drug-likeness (QED) is 0.663. The zero-order valence-corrected chi connectivity index (χ0v) is 10.9. The van der Waals surface area contributed by atoms with Crippen molar-refractivity contribution in [3.63, 3.8) is 0 Å². The number of amides is 1. The standard InChI is InChI=1S/C10H21NO4S/c1-8(2)9(3)4-5-10(12)11-6-7-16(13,14)15/h8-9H,4-7H2,1-3H3,(H,11,12)(H,13,14,15)/t9-/m1/s1. The van der Waals surface area contributed by atoms with Crippen molar-refractivity contribution in [1.29, 1.82) is 0 Å². The normalized spacial score (nSPS) is 13.8. The Balaban J connectivity index is 3.68. The van der Waals surface area contributed by atoms with Crippen LogP contribution in [0.25, 0.3) is 0 Å². The fourth-order valence-electron chi connectivity index (χ4n) is 1.10. The highest BCUT2D eigenvalue weighted by atomic mass is 32.2. The van der Waals surface area contributed by atoms with E-state index < -0.39 is 15.9 Å². The molecule has 0 saturated heterocycles. The SMILES string of the molecule is CC(C)[C@H](C)CCC(=O)NCCS(=O)(=O)O. The van der Waals surface area contributed by atoms with Crippen molar-refractivity contribution >= 4 is 16.0 Å². The third kappa shape index (κ3) is 8.67. The molecule has 0 bridgehead atoms. The largest absolute Gasteiger partial charge is 0.355 e. The van der Waals surface area contributed by atoms with E-state index in [9.17, 15) is 13.2 Å². The van der Waals surface area contributed by atoms with Crippen LogP contribution in [0.4, 0.5) is 0 Å². The molecule has 16 heavy (non-hydrogen) atoms. The molecule has 0 aromatic carbocycles. The van der Waals surface area contributed by atoms with Crippen molar-refractivity contribution in [3.8, 4) is 0 Å². The van der Waals surface area contributed by atoms with Gasteiger partial charge >= 0.3 is 0 Å². The van der Waals surface area contributed by atoms with Gasteiger partial charge in [-0.3, -0.25) is 9.35 Å². The number of hydrogen-bond acceptors (Lipinski definition) is 3. The lowest BCUT2D eigenvalue weighted by atomic mass is 9.93. The Morgan fingerprint density at radius 3 is 2.31 bits per heavy atom. The molecular formula is C10H21NO4S. The zero-order valence-electron chi connectivity index (χ0n) is 10.1. The maximum Gasteiger partial charge on any atom is 0.266 e. The predicted molar refractivity (Wildman–Crippen MR) is 62.7 cm³/mol. The van der Waals surface area contributed by atoms with E-state index in [0.717, 1.165) is 6.42 Å². The molecule has 0 unspecified atom stereocenters. The molecule has 0 aromatic rings. The van der Waals surface area contributed by atoms with Crippen molar-refractivity contribution in [2.24, 2.45) is 11.8 Å². The first-order chi connectivity index (χ1) is 7.22. The summed E-state index contributed by atoms with van der Waals surface area (Å²) in [6.07, 6.45) is 1.18. The highest BCUT2D eigenvalue weighted by molar-refractivity contribution is 7.85. The Hall–Kier alpha value is -0.620. The highest BCUT2D eigenvalue weighted by Gasteiger charge is 2.10. The van der Waals surface area contributed by atoms with E-state index in [1.54, 1.807) is 0 Å². The third-order valence-corrected chi connectivity index (χ3v) is 3.37. The molecule has 6 heteroatoms. The van der Waals surface area contributed by atoms with Gasteiger partial charge in [-0.2, -0.15) is 8.42 Å². The first-order valence-corrected chi connectivity index (χ1v) is 7.05. The molecule has 1 atom stereocenters. The van der Waals surface area contributed by atoms with Gasteiger partial charge in [0.2, 0.25) is 5.91 Å². The van der Waals surface area contributed by atoms with Gasteiger partial charge in [-0.25, -0.2) is 0 Å². The first kappa shape index (κ1) is 15.4. The molecule has 5 nitrogen and oxygen atoms in total. The van der Waals surface area contributed by atoms with Crippen LogP contribution >= 0.6 is 0 Å². The molecule has 1 amide bonds. The second kappa shape index (κ2) is 6.85. The molecular weight excluding hydrogens is 230 g/mol. The Morgan fingerprint density at radius 2 is 1.88 bits per heavy atom. The van der Waals surface area contributed by atoms with Crippen LogP contribution in [0.15, 0.2) is 0 Å². The van der Waals surface area contributed by atoms with Crippen LogP contribution in [0.1, 0.15) is 33.6 Å². The van der Waals surface area contributed by atoms with Gasteiger partial charge in [0.1, 0.15) is 0 Å². The molecule has 96 valence electrons. The third-order valence-electron chi connectivity index (χ3n) is 2.65. The fraction of sp³-hybridized carbons (Fsp3) is 0.900. The van der Waals surface area contributed by atoms with Gasteiger partial charge in [0.25, 0.3) is 10.1 Å². The van der Waals surface area contributed by atoms with E-state index in [2.05, 4.69) is 26.1 Å². The lowest BCUT2D eigenvalue weighted by molar-refractivity contribution is -0.121. The Labute approximate surface area is 97.4 Å². The smallest absolute Gasteiger partial charge is 0.266 e. The molecule has 0 aromatic heterocycles. The predicted octanol–water partition coefficient (Wildman–Crippen LogP) is 1.06. The van der Waals surface area contributed by atoms with Crippen LogP contribution in [0.3, 0.4) is 0 Å². The van der Waals surface area contributed by atoms with Crippen LogP contribution in [0.2, 0.25) is 0 Å². The molecule has 0 heterocycles. The molecule has 0 radical (unpaired) electrons. The molecule has 0 saturated carbocycles. The van der Waals surface area contributed by atoms with Crippen molar-refractivity contribution < 1.29 is 17.8 Å². The maximum absolute atomic E-state index is 11.3. The number of carbonyl (C=O) groups is 1. The molecule has 0 fully saturated rings. The van der Waals surface area contributed by atoms with Crippen LogP contribution in [-0.2, 0) is 14.9 Å². The maximum atomic E-state index is 11.3. The minimum absolute atomic E-state index is 0.0340. The van der Waals surface area contributed by atoms with Gasteiger partial charge in [-0.05, 0) is 18.3 Å². The Kier molecular flexibility index (Phi) is 6.59. The lowest BCUT2D eigenvalue weighted by Gasteiger charge is -2.14. The molecule has 0 aliphatic carbocycles. The number of rotatable bonds is 7. The molecule has 2 N–H and O–H groups in total. The summed E-state index contributed by atoms with van der Waals surface area (Å²) in [6.45, 7) is 6.24. The van der Waals surface area contributed by atoms with Crippen molar-refractivity contribution in [1.82, 2.24) is 5.32 Å². The Bertz CT molecular complexity index is 311. The zero-order chi connectivity index (χ0) is 12.8. The number of nitrogens with one attached hydrogen (secondary N) is 1. The molecule has 0 spiro atoms. The second-order valence-electron chi connectivity index (χ2n) is 4.40. The summed E-state index contributed by atoms with van der Waals surface area (Å²) in [5.74, 6) is 0.396. The lowest BCUT2D eigenvalue weighted by Crippen LogP contribution is -2.29. The van der Waals surface area contributed by atoms with E-state index in [1.165, 1.54) is 0 Å². The average Bonchev–Trinajstić information content (AvgIpc) is 2.11. The van der Waals surface area contributed by atoms with E-state index in [4.69, 9.17) is 4.55 Å². The van der Waals surface area contributed by atoms with Crippen molar-refractivity contribution in [2.45, 2.75) is 33.6 Å². The summed E-state index contributed by atoms with van der Waals surface area (Å²) in [5, 5.41) is 2.46. The van der Waals surface area contributed by atoms with Gasteiger partial charge in [0.05, 0.1) is 5.75 Å². The van der Waals surface area contributed by atoms with Gasteiger partial charge in [-0.1, -0.05) is 20.8 Å². The van der Waals surface area contributed by atoms with Gasteiger partial charge < -0.3 is 5.32 Å². The van der Waals surface area contributed by atoms with Crippen LogP contribution in [0, 0.1) is 11.8 Å². The summed E-state index contributed by atoms with van der Waals surface area (Å²) in [6, 6.07) is 0. The minimum atomic E-state index is -3.98. The summed E-state index contributed by atoms with van der Waals surface area (Å²) < 4.78 is 29.2.